The molecule has 2 bridgehead atoms. The summed E-state index contributed by atoms with van der Waals surface area (Å²) in [7, 11) is 1.65. The molecule has 3 saturated heterocycles. The third-order valence-electron chi connectivity index (χ3n) is 5.19. The minimum atomic E-state index is -0.452. The molecular formula is C18H27N3O2. The normalized spacial score (nSPS) is 26.7. The van der Waals surface area contributed by atoms with Crippen LogP contribution in [0.25, 0.3) is 0 Å². The number of nitrogens with zero attached hydrogens (tertiary/aromatic N) is 1. The van der Waals surface area contributed by atoms with E-state index in [0.717, 1.165) is 17.9 Å². The Kier molecular flexibility index (Phi) is 4.48. The van der Waals surface area contributed by atoms with Gasteiger partial charge in [-0.15, -0.1) is 0 Å². The number of amides is 2. The van der Waals surface area contributed by atoms with Crippen LogP contribution in [-0.2, 0) is 5.54 Å². The summed E-state index contributed by atoms with van der Waals surface area (Å²) < 4.78 is 5.28. The monoisotopic (exact) mass is 317 g/mol. The van der Waals surface area contributed by atoms with E-state index in [1.54, 1.807) is 7.11 Å². The Labute approximate surface area is 138 Å². The van der Waals surface area contributed by atoms with Gasteiger partial charge in [0, 0.05) is 12.6 Å². The van der Waals surface area contributed by atoms with Gasteiger partial charge in [0.2, 0.25) is 0 Å². The summed E-state index contributed by atoms with van der Waals surface area (Å²) in [5, 5.41) is 6.29. The van der Waals surface area contributed by atoms with Crippen LogP contribution >= 0.6 is 0 Å². The number of nitrogens with one attached hydrogen (secondary N) is 2. The Balaban J connectivity index is 1.62. The van der Waals surface area contributed by atoms with Crippen molar-refractivity contribution in [3.63, 3.8) is 0 Å². The molecule has 0 aromatic heterocycles. The van der Waals surface area contributed by atoms with E-state index in [-0.39, 0.29) is 12.1 Å². The molecule has 126 valence electrons. The van der Waals surface area contributed by atoms with Crippen LogP contribution < -0.4 is 15.4 Å². The molecule has 3 fully saturated rings. The predicted molar refractivity (Wildman–Crippen MR) is 90.6 cm³/mol. The molecule has 3 heterocycles. The highest BCUT2D eigenvalue weighted by Gasteiger charge is 2.35. The molecule has 3 aliphatic heterocycles. The highest BCUT2D eigenvalue weighted by Crippen LogP contribution is 2.28. The lowest BCUT2D eigenvalue weighted by molar-refractivity contribution is 0.0760. The number of rotatable bonds is 4. The maximum Gasteiger partial charge on any atom is 0.315 e. The van der Waals surface area contributed by atoms with E-state index >= 15 is 0 Å². The Bertz CT molecular complexity index is 565. The van der Waals surface area contributed by atoms with Gasteiger partial charge in [0.1, 0.15) is 5.75 Å². The predicted octanol–water partition coefficient (Wildman–Crippen LogP) is 2.32. The minimum Gasteiger partial charge on any atom is -0.497 e. The summed E-state index contributed by atoms with van der Waals surface area (Å²) in [6.07, 6.45) is 2.40. The van der Waals surface area contributed by atoms with Crippen molar-refractivity contribution in [3.8, 4) is 5.75 Å². The zero-order valence-corrected chi connectivity index (χ0v) is 14.3. The highest BCUT2D eigenvalue weighted by molar-refractivity contribution is 5.75. The van der Waals surface area contributed by atoms with E-state index in [4.69, 9.17) is 4.74 Å². The first-order valence-corrected chi connectivity index (χ1v) is 8.43. The lowest BCUT2D eigenvalue weighted by Gasteiger charge is -2.45. The van der Waals surface area contributed by atoms with Crippen LogP contribution in [0.1, 0.15) is 32.3 Å². The van der Waals surface area contributed by atoms with Gasteiger partial charge in [-0.3, -0.25) is 0 Å². The Morgan fingerprint density at radius 2 is 2.04 bits per heavy atom. The molecule has 0 saturated carbocycles. The van der Waals surface area contributed by atoms with E-state index in [1.165, 1.54) is 25.9 Å². The Morgan fingerprint density at radius 1 is 1.30 bits per heavy atom. The first-order valence-electron chi connectivity index (χ1n) is 8.43. The Morgan fingerprint density at radius 3 is 2.65 bits per heavy atom. The maximum absolute atomic E-state index is 12.5. The zero-order valence-electron chi connectivity index (χ0n) is 14.3. The lowest BCUT2D eigenvalue weighted by Crippen LogP contribution is -2.60. The number of hydrogen-bond donors (Lipinski definition) is 2. The number of piperidine rings is 3. The second-order valence-corrected chi connectivity index (χ2v) is 7.20. The van der Waals surface area contributed by atoms with Crippen LogP contribution in [0.2, 0.25) is 0 Å². The fourth-order valence-corrected chi connectivity index (χ4v) is 3.70. The number of urea groups is 1. The molecule has 2 N–H and O–H groups in total. The maximum atomic E-state index is 12.5. The number of carbonyl (C=O) groups excluding carboxylic acids is 1. The van der Waals surface area contributed by atoms with Crippen molar-refractivity contribution in [1.29, 1.82) is 0 Å². The van der Waals surface area contributed by atoms with Crippen molar-refractivity contribution in [3.05, 3.63) is 29.8 Å². The van der Waals surface area contributed by atoms with Gasteiger partial charge in [0.05, 0.1) is 12.6 Å². The van der Waals surface area contributed by atoms with Crippen LogP contribution in [0.15, 0.2) is 24.3 Å². The number of hydrogen-bond acceptors (Lipinski definition) is 3. The molecule has 5 nitrogen and oxygen atoms in total. The van der Waals surface area contributed by atoms with Gasteiger partial charge in [-0.2, -0.15) is 0 Å². The first kappa shape index (κ1) is 16.1. The van der Waals surface area contributed by atoms with E-state index in [9.17, 15) is 4.79 Å². The van der Waals surface area contributed by atoms with E-state index in [2.05, 4.69) is 15.5 Å². The number of benzene rings is 1. The third kappa shape index (κ3) is 3.61. The molecule has 1 aromatic rings. The molecule has 1 unspecified atom stereocenters. The molecule has 0 radical (unpaired) electrons. The van der Waals surface area contributed by atoms with Crippen LogP contribution in [0, 0.1) is 5.92 Å². The average molecular weight is 317 g/mol. The van der Waals surface area contributed by atoms with Crippen molar-refractivity contribution in [1.82, 2.24) is 15.5 Å². The molecule has 1 atom stereocenters. The lowest BCUT2D eigenvalue weighted by atomic mass is 9.84. The minimum absolute atomic E-state index is 0.0865. The number of carbonyl (C=O) groups is 1. The van der Waals surface area contributed by atoms with Crippen molar-refractivity contribution in [2.75, 3.05) is 26.7 Å². The third-order valence-corrected chi connectivity index (χ3v) is 5.19. The van der Waals surface area contributed by atoms with Crippen molar-refractivity contribution in [2.24, 2.45) is 5.92 Å². The van der Waals surface area contributed by atoms with Gasteiger partial charge in [-0.05, 0) is 63.4 Å². The molecule has 23 heavy (non-hydrogen) atoms. The molecule has 5 heteroatoms. The Hall–Kier alpha value is -1.75. The van der Waals surface area contributed by atoms with E-state index in [1.807, 2.05) is 38.1 Å². The molecule has 0 spiro atoms. The number of fused-ring (bicyclic) bond motifs is 3. The number of ether oxygens (including phenoxy) is 1. The largest absolute Gasteiger partial charge is 0.497 e. The second-order valence-electron chi connectivity index (χ2n) is 7.20. The van der Waals surface area contributed by atoms with Crippen molar-refractivity contribution in [2.45, 2.75) is 38.3 Å². The van der Waals surface area contributed by atoms with Crippen LogP contribution in [-0.4, -0.2) is 43.7 Å². The topological polar surface area (TPSA) is 53.6 Å². The highest BCUT2D eigenvalue weighted by atomic mass is 16.5. The van der Waals surface area contributed by atoms with Gasteiger partial charge >= 0.3 is 6.03 Å². The van der Waals surface area contributed by atoms with Gasteiger partial charge in [0.15, 0.2) is 0 Å². The zero-order chi connectivity index (χ0) is 16.4. The summed E-state index contributed by atoms with van der Waals surface area (Å²) in [5.74, 6) is 1.43. The summed E-state index contributed by atoms with van der Waals surface area (Å²) in [4.78, 5) is 14.9. The molecule has 0 aliphatic carbocycles. The summed E-state index contributed by atoms with van der Waals surface area (Å²) >= 11 is 0. The smallest absolute Gasteiger partial charge is 0.315 e. The van der Waals surface area contributed by atoms with Crippen molar-refractivity contribution < 1.29 is 9.53 Å². The molecule has 3 aliphatic rings. The quantitative estimate of drug-likeness (QED) is 0.896. The molecule has 2 amide bonds. The van der Waals surface area contributed by atoms with Gasteiger partial charge in [-0.1, -0.05) is 12.1 Å². The average Bonchev–Trinajstić information content (AvgIpc) is 2.55. The summed E-state index contributed by atoms with van der Waals surface area (Å²) in [5.41, 5.74) is 0.577. The second kappa shape index (κ2) is 6.40. The van der Waals surface area contributed by atoms with Crippen LogP contribution in [0.5, 0.6) is 5.75 Å². The first-order chi connectivity index (χ1) is 11.0. The van der Waals surface area contributed by atoms with Crippen molar-refractivity contribution >= 4 is 6.03 Å². The molecule has 1 aromatic carbocycles. The van der Waals surface area contributed by atoms with E-state index in [0.29, 0.717) is 5.92 Å². The standard InChI is InChI=1S/C18H27N3O2/c1-18(2,14-5-4-6-15(11-14)23-3)20-17(22)19-16-12-21-9-7-13(16)8-10-21/h4-6,11,13,16H,7-10,12H2,1-3H3,(H2,19,20,22). The summed E-state index contributed by atoms with van der Waals surface area (Å²) in [6, 6.07) is 8.02. The SMILES string of the molecule is COc1cccc(C(C)(C)NC(=O)NC2CN3CCC2CC3)c1. The fraction of sp³-hybridized carbons (Fsp3) is 0.611. The van der Waals surface area contributed by atoms with E-state index < -0.39 is 5.54 Å². The fourth-order valence-electron chi connectivity index (χ4n) is 3.70. The summed E-state index contributed by atoms with van der Waals surface area (Å²) in [6.45, 7) is 7.37. The number of methoxy groups -OCH3 is 1. The van der Waals surface area contributed by atoms with Gasteiger partial charge in [0.25, 0.3) is 0 Å². The van der Waals surface area contributed by atoms with Crippen LogP contribution in [0.3, 0.4) is 0 Å². The molecular weight excluding hydrogens is 290 g/mol. The van der Waals surface area contributed by atoms with Gasteiger partial charge in [-0.25, -0.2) is 4.79 Å². The van der Waals surface area contributed by atoms with Crippen LogP contribution in [0.4, 0.5) is 4.79 Å². The van der Waals surface area contributed by atoms with Gasteiger partial charge < -0.3 is 20.3 Å². The molecule has 4 rings (SSSR count).